The Morgan fingerprint density at radius 2 is 1.43 bits per heavy atom. The molecule has 160 valence electrons. The van der Waals surface area contributed by atoms with E-state index < -0.39 is 41.9 Å². The molecule has 0 bridgehead atoms. The minimum atomic E-state index is -4.64. The molecule has 0 radical (unpaired) electrons. The summed E-state index contributed by atoms with van der Waals surface area (Å²) < 4.78 is 64.9. The summed E-state index contributed by atoms with van der Waals surface area (Å²) in [6, 6.07) is 7.30. The second-order valence-electron chi connectivity index (χ2n) is 8.02. The summed E-state index contributed by atoms with van der Waals surface area (Å²) >= 11 is 0. The number of benzene rings is 2. The zero-order chi connectivity index (χ0) is 22.3. The monoisotopic (exact) mass is 424 g/mol. The molecular weight excluding hydrogens is 403 g/mol. The number of nitrogens with one attached hydrogen (secondary N) is 2. The molecule has 2 amide bonds. The van der Waals surface area contributed by atoms with Gasteiger partial charge in [0, 0.05) is 11.4 Å². The van der Waals surface area contributed by atoms with Crippen molar-refractivity contribution in [3.8, 4) is 0 Å². The quantitative estimate of drug-likeness (QED) is 0.551. The Morgan fingerprint density at radius 1 is 0.900 bits per heavy atom. The van der Waals surface area contributed by atoms with E-state index in [0.717, 1.165) is 24.3 Å². The summed E-state index contributed by atoms with van der Waals surface area (Å²) in [4.78, 5) is 12.2. The zero-order valence-electron chi connectivity index (χ0n) is 16.9. The minimum Gasteiger partial charge on any atom is -0.399 e. The van der Waals surface area contributed by atoms with Gasteiger partial charge in [0.1, 0.15) is 5.82 Å². The van der Waals surface area contributed by atoms with E-state index in [9.17, 15) is 22.4 Å². The summed E-state index contributed by atoms with van der Waals surface area (Å²) in [6.07, 6.45) is -4.64. The highest BCUT2D eigenvalue weighted by Gasteiger charge is 2.52. The van der Waals surface area contributed by atoms with Crippen LogP contribution < -0.4 is 16.1 Å². The Bertz CT molecular complexity index is 930. The maximum Gasteiger partial charge on any atom is 0.494 e. The van der Waals surface area contributed by atoms with Gasteiger partial charge in [0.25, 0.3) is 0 Å². The van der Waals surface area contributed by atoms with Crippen LogP contribution in [-0.2, 0) is 15.5 Å². The van der Waals surface area contributed by atoms with Gasteiger partial charge in [-0.3, -0.25) is 0 Å². The third kappa shape index (κ3) is 4.76. The molecule has 0 saturated carbocycles. The fraction of sp³-hybridized carbons (Fsp3) is 0.350. The van der Waals surface area contributed by atoms with Gasteiger partial charge in [0.15, 0.2) is 0 Å². The van der Waals surface area contributed by atoms with E-state index in [2.05, 4.69) is 10.6 Å². The van der Waals surface area contributed by atoms with Gasteiger partial charge in [-0.1, -0.05) is 6.07 Å². The molecule has 1 heterocycles. The lowest BCUT2D eigenvalue weighted by atomic mass is 9.78. The molecule has 2 N–H and O–H groups in total. The van der Waals surface area contributed by atoms with Crippen molar-refractivity contribution in [3.63, 3.8) is 0 Å². The van der Waals surface area contributed by atoms with Crippen molar-refractivity contribution in [3.05, 3.63) is 53.8 Å². The molecule has 2 aromatic rings. The maximum atomic E-state index is 13.4. The Kier molecular flexibility index (Phi) is 5.59. The molecule has 2 aromatic carbocycles. The Morgan fingerprint density at radius 3 is 1.97 bits per heavy atom. The number of carbonyl (C=O) groups is 1. The molecule has 0 spiro atoms. The van der Waals surface area contributed by atoms with Crippen LogP contribution >= 0.6 is 0 Å². The lowest BCUT2D eigenvalue weighted by Gasteiger charge is -2.32. The molecule has 5 nitrogen and oxygen atoms in total. The molecule has 0 aliphatic carbocycles. The van der Waals surface area contributed by atoms with Gasteiger partial charge in [-0.05, 0) is 69.6 Å². The molecule has 1 aliphatic rings. The van der Waals surface area contributed by atoms with E-state index in [-0.39, 0.29) is 16.8 Å². The van der Waals surface area contributed by atoms with Crippen LogP contribution in [0.4, 0.5) is 33.7 Å². The molecular formula is C20H21BF4N2O3. The van der Waals surface area contributed by atoms with Crippen LogP contribution in [0.2, 0.25) is 0 Å². The number of hydrogen-bond acceptors (Lipinski definition) is 3. The third-order valence-electron chi connectivity index (χ3n) is 5.17. The van der Waals surface area contributed by atoms with Crippen LogP contribution in [-0.4, -0.2) is 24.4 Å². The van der Waals surface area contributed by atoms with E-state index in [1.807, 2.05) is 0 Å². The minimum absolute atomic E-state index is 0.0888. The third-order valence-corrected chi connectivity index (χ3v) is 5.17. The van der Waals surface area contributed by atoms with Crippen LogP contribution in [0.3, 0.4) is 0 Å². The SMILES string of the molecule is CC1(C)OB(c2cc(NC(=O)Nc3ccc(F)cc3)cc(C(F)(F)F)c2)OC1(C)C. The van der Waals surface area contributed by atoms with Gasteiger partial charge in [0.2, 0.25) is 0 Å². The van der Waals surface area contributed by atoms with Crippen molar-refractivity contribution in [2.24, 2.45) is 0 Å². The van der Waals surface area contributed by atoms with Crippen LogP contribution in [0.1, 0.15) is 33.3 Å². The number of urea groups is 1. The van der Waals surface area contributed by atoms with Crippen molar-refractivity contribution >= 4 is 30.0 Å². The molecule has 10 heteroatoms. The van der Waals surface area contributed by atoms with Crippen molar-refractivity contribution < 1.29 is 31.7 Å². The summed E-state index contributed by atoms with van der Waals surface area (Å²) in [7, 11) is -1.03. The number of rotatable bonds is 3. The average Bonchev–Trinajstić information content (AvgIpc) is 2.83. The van der Waals surface area contributed by atoms with E-state index >= 15 is 0 Å². The molecule has 1 fully saturated rings. The highest BCUT2D eigenvalue weighted by atomic mass is 19.4. The first-order chi connectivity index (χ1) is 13.8. The topological polar surface area (TPSA) is 59.6 Å². The molecule has 3 rings (SSSR count). The van der Waals surface area contributed by atoms with Crippen LogP contribution in [0.15, 0.2) is 42.5 Å². The van der Waals surface area contributed by atoms with Gasteiger partial charge in [-0.2, -0.15) is 13.2 Å². The molecule has 30 heavy (non-hydrogen) atoms. The fourth-order valence-electron chi connectivity index (χ4n) is 2.83. The number of anilines is 2. The van der Waals surface area contributed by atoms with Gasteiger partial charge in [0.05, 0.1) is 16.8 Å². The molecule has 0 unspecified atom stereocenters. The molecule has 1 saturated heterocycles. The van der Waals surface area contributed by atoms with E-state index in [1.54, 1.807) is 27.7 Å². The van der Waals surface area contributed by atoms with Crippen LogP contribution in [0.5, 0.6) is 0 Å². The Labute approximate surface area is 171 Å². The number of alkyl halides is 3. The van der Waals surface area contributed by atoms with Gasteiger partial charge in [-0.25, -0.2) is 9.18 Å². The smallest absolute Gasteiger partial charge is 0.399 e. The fourth-order valence-corrected chi connectivity index (χ4v) is 2.83. The van der Waals surface area contributed by atoms with Gasteiger partial charge < -0.3 is 19.9 Å². The van der Waals surface area contributed by atoms with Crippen molar-refractivity contribution in [2.75, 3.05) is 10.6 Å². The summed E-state index contributed by atoms with van der Waals surface area (Å²) in [5, 5.41) is 4.80. The average molecular weight is 424 g/mol. The maximum absolute atomic E-state index is 13.4. The van der Waals surface area contributed by atoms with Crippen LogP contribution in [0.25, 0.3) is 0 Å². The number of halogens is 4. The van der Waals surface area contributed by atoms with Crippen LogP contribution in [0, 0.1) is 5.82 Å². The van der Waals surface area contributed by atoms with E-state index in [0.29, 0.717) is 0 Å². The Balaban J connectivity index is 1.86. The van der Waals surface area contributed by atoms with Crippen molar-refractivity contribution in [1.82, 2.24) is 0 Å². The first-order valence-electron chi connectivity index (χ1n) is 9.18. The first-order valence-corrected chi connectivity index (χ1v) is 9.18. The molecule has 1 aliphatic heterocycles. The molecule has 0 atom stereocenters. The van der Waals surface area contributed by atoms with Gasteiger partial charge in [-0.15, -0.1) is 0 Å². The second-order valence-corrected chi connectivity index (χ2v) is 8.02. The highest BCUT2D eigenvalue weighted by molar-refractivity contribution is 6.62. The lowest BCUT2D eigenvalue weighted by molar-refractivity contribution is -0.137. The standard InChI is InChI=1S/C20H21BF4N2O3/c1-18(2)19(3,4)30-21(29-18)13-9-12(20(23,24)25)10-16(11-13)27-17(28)26-15-7-5-14(22)6-8-15/h5-11H,1-4H3,(H2,26,27,28). The van der Waals surface area contributed by atoms with Gasteiger partial charge >= 0.3 is 19.3 Å². The largest absolute Gasteiger partial charge is 0.494 e. The van der Waals surface area contributed by atoms with E-state index in [4.69, 9.17) is 9.31 Å². The normalized spacial score (nSPS) is 17.7. The summed E-state index contributed by atoms with van der Waals surface area (Å²) in [5.41, 5.74) is -2.10. The summed E-state index contributed by atoms with van der Waals surface area (Å²) in [5.74, 6) is -0.481. The number of carbonyl (C=O) groups excluding carboxylic acids is 1. The Hall–Kier alpha value is -2.59. The second kappa shape index (κ2) is 7.59. The zero-order valence-corrected chi connectivity index (χ0v) is 16.9. The number of hydrogen-bond donors (Lipinski definition) is 2. The predicted molar refractivity (Wildman–Crippen MR) is 106 cm³/mol. The van der Waals surface area contributed by atoms with E-state index in [1.165, 1.54) is 18.2 Å². The van der Waals surface area contributed by atoms with Crippen molar-refractivity contribution in [2.45, 2.75) is 45.1 Å². The lowest BCUT2D eigenvalue weighted by Crippen LogP contribution is -2.41. The molecule has 0 aromatic heterocycles. The predicted octanol–water partition coefficient (Wildman–Crippen LogP) is 4.79. The number of amides is 2. The summed E-state index contributed by atoms with van der Waals surface area (Å²) in [6.45, 7) is 7.15. The highest BCUT2D eigenvalue weighted by Crippen LogP contribution is 2.37. The first kappa shape index (κ1) is 22.1. The van der Waals surface area contributed by atoms with Crippen molar-refractivity contribution in [1.29, 1.82) is 0 Å².